The van der Waals surface area contributed by atoms with Gasteiger partial charge >= 0.3 is 75.7 Å². The summed E-state index contributed by atoms with van der Waals surface area (Å²) < 4.78 is 30.9. The summed E-state index contributed by atoms with van der Waals surface area (Å²) in [4.78, 5) is 0. The number of aromatic nitrogens is 2. The molecule has 0 saturated heterocycles. The molecule has 0 aliphatic carbocycles. The Morgan fingerprint density at radius 1 is 0.284 bits per heavy atom. The maximum absolute atomic E-state index is 12.4. The van der Waals surface area contributed by atoms with Gasteiger partial charge in [-0.15, -0.1) is 0 Å². The number of aromatic hydroxyl groups is 4. The van der Waals surface area contributed by atoms with Crippen molar-refractivity contribution < 1.29 is 81.1 Å². The summed E-state index contributed by atoms with van der Waals surface area (Å²) in [6, 6.07) is 120. The van der Waals surface area contributed by atoms with Crippen molar-refractivity contribution in [3.05, 3.63) is 374 Å². The van der Waals surface area contributed by atoms with Gasteiger partial charge in [-0.25, -0.2) is 0 Å². The number of halogens is 4. The first-order chi connectivity index (χ1) is 64.9. The predicted octanol–water partition coefficient (Wildman–Crippen LogP) is 33.4. The summed E-state index contributed by atoms with van der Waals surface area (Å²) in [5.41, 5.74) is 19.2. The molecule has 2 aromatic heterocycles. The number of hydrogen-bond acceptors (Lipinski definition) is 8. The Kier molecular flexibility index (Phi) is 28.7. The van der Waals surface area contributed by atoms with Crippen LogP contribution in [0, 0.1) is 13.8 Å². The average molecular weight is 2000 g/mol. The van der Waals surface area contributed by atoms with E-state index in [9.17, 15) is 20.4 Å². The average Bonchev–Trinajstić information content (AvgIpc) is 1.37. The monoisotopic (exact) mass is 1990 g/mol. The SMILES string of the molecule is CC(C)(C)c1cc(-c2ccccc2OCCCOc2ccccc2-c2cc(C(C)(C)C)cc(-c3c4ccccc4cc4ccccc34)c2O)c(O)c(-c2c3ccccc3cc3ccccc23)c1.Cc1cc(-c2ccccc2OC(C)CC(C)Oc2ccccc2-c2cc(C)cc(-n3c4ccccc4c4ccccc43)c2O)c(O)c(-n2c3ccccc3c3ccccc32)c1.[Cl][Zr][Cl].[Cl][Zr][Cl]. The fourth-order valence-corrected chi connectivity index (χ4v) is 18.8. The van der Waals surface area contributed by atoms with Crippen molar-refractivity contribution in [1.29, 1.82) is 0 Å². The second-order valence-corrected chi connectivity index (χ2v) is 43.6. The van der Waals surface area contributed by atoms with Gasteiger partial charge < -0.3 is 48.5 Å². The molecule has 16 heteroatoms. The molecule has 10 nitrogen and oxygen atoms in total. The fraction of sp³-hybridized carbons (Fsp3) is 0.153. The third-order valence-electron chi connectivity index (χ3n) is 25.0. The van der Waals surface area contributed by atoms with Gasteiger partial charge in [0.2, 0.25) is 0 Å². The van der Waals surface area contributed by atoms with Crippen LogP contribution in [-0.4, -0.2) is 55.0 Å². The molecular weight excluding hydrogens is 1900 g/mol. The third kappa shape index (κ3) is 19.4. The molecular formula is C118H102Cl4N2O8Zr2. The van der Waals surface area contributed by atoms with Gasteiger partial charge in [-0.05, 0) is 213 Å². The van der Waals surface area contributed by atoms with E-state index in [-0.39, 0.29) is 46.0 Å². The van der Waals surface area contributed by atoms with Crippen molar-refractivity contribution in [2.45, 2.75) is 105 Å². The molecule has 134 heavy (non-hydrogen) atoms. The quantitative estimate of drug-likeness (QED) is 0.0439. The normalized spacial score (nSPS) is 12.0. The molecule has 0 aliphatic heterocycles. The van der Waals surface area contributed by atoms with Crippen molar-refractivity contribution in [1.82, 2.24) is 9.13 Å². The van der Waals surface area contributed by atoms with Gasteiger partial charge in [0.05, 0.1) is 58.9 Å². The van der Waals surface area contributed by atoms with E-state index in [1.165, 1.54) is 0 Å². The van der Waals surface area contributed by atoms with Crippen molar-refractivity contribution in [3.8, 4) is 124 Å². The zero-order valence-electron chi connectivity index (χ0n) is 76.3. The standard InChI is InChI=1S/C63H56O4.C55H46N2O4.4ClH.2Zr/c1-62(2,3)44-36-52(60(64)54(38-44)58-46-24-11-7-20-40(46)34-41-21-8-12-25-47(41)58)50-28-15-17-30-56(50)66-32-19-33-67-57-31-18-16-29-51(57)53-37-45(63(4,5)6)39-55(61(53)65)59-48-26-13-9-22-42(48)35-43-23-10-14-27-49(43)59;1-34-29-44(54(58)50(31-34)56-46-23-11-5-17-38(46)39-18-6-12-24-47(39)56)42-21-9-15-27-52(42)60-36(3)33-37(4)61-53-28-16-10-22-43(53)45-30-35(2)32-51(55(45)59)57-48-25-13-7-19-40(48)41-20-8-14-26-49(41)57;;;;;;/h7-18,20-31,34-39,64-65H,19,32-33H2,1-6H3;5-32,36-37,58-59H,33H2,1-4H3;4*1H;;/q;;;;;;2*+2/p-4. The fourth-order valence-electron chi connectivity index (χ4n) is 18.8. The summed E-state index contributed by atoms with van der Waals surface area (Å²) in [6.07, 6.45) is 0.717. The van der Waals surface area contributed by atoms with E-state index in [1.807, 2.05) is 159 Å². The molecule has 4 N–H and O–H groups in total. The van der Waals surface area contributed by atoms with Crippen LogP contribution in [0.5, 0.6) is 46.0 Å². The zero-order valence-corrected chi connectivity index (χ0v) is 84.2. The minimum absolute atomic E-state index is 0.190. The topological polar surface area (TPSA) is 128 Å². The van der Waals surface area contributed by atoms with Crippen LogP contribution in [-0.2, 0) is 52.5 Å². The minimum atomic E-state index is -0.826. The number of ether oxygens (including phenoxy) is 4. The molecule has 20 rings (SSSR count). The summed E-state index contributed by atoms with van der Waals surface area (Å²) >= 11 is -1.65. The predicted molar refractivity (Wildman–Crippen MR) is 554 cm³/mol. The molecule has 0 saturated carbocycles. The summed E-state index contributed by atoms with van der Waals surface area (Å²) in [5, 5.41) is 62.6. The first-order valence-corrected chi connectivity index (χ1v) is 57.7. The third-order valence-corrected chi connectivity index (χ3v) is 25.0. The molecule has 0 amide bonds. The van der Waals surface area contributed by atoms with Crippen LogP contribution in [0.3, 0.4) is 0 Å². The van der Waals surface area contributed by atoms with Crippen LogP contribution in [0.2, 0.25) is 0 Å². The van der Waals surface area contributed by atoms with Crippen LogP contribution in [0.25, 0.3) is 165 Å². The number of benzene rings is 18. The van der Waals surface area contributed by atoms with Gasteiger partial charge in [-0.1, -0.05) is 284 Å². The van der Waals surface area contributed by atoms with E-state index in [0.717, 1.165) is 176 Å². The van der Waals surface area contributed by atoms with Crippen LogP contribution in [0.15, 0.2) is 352 Å². The Balaban J connectivity index is 0.000000177. The van der Waals surface area contributed by atoms with Gasteiger partial charge in [0.15, 0.2) is 0 Å². The first-order valence-electron chi connectivity index (χ1n) is 45.0. The van der Waals surface area contributed by atoms with E-state index in [0.29, 0.717) is 60.2 Å². The number of phenolic OH excluding ortho intramolecular Hbond substituents is 4. The Morgan fingerprint density at radius 2 is 0.530 bits per heavy atom. The van der Waals surface area contributed by atoms with Gasteiger partial charge in [-0.3, -0.25) is 0 Å². The number of aryl methyl sites for hydroxylation is 2. The number of fused-ring (bicyclic) bond motifs is 10. The Bertz CT molecular complexity index is 7100. The molecule has 20 aromatic rings. The van der Waals surface area contributed by atoms with E-state index in [2.05, 4.69) is 271 Å². The second kappa shape index (κ2) is 41.0. The van der Waals surface area contributed by atoms with E-state index in [1.54, 1.807) is 0 Å². The van der Waals surface area contributed by atoms with Gasteiger partial charge in [0.1, 0.15) is 46.0 Å². The number of para-hydroxylation sites is 8. The first kappa shape index (κ1) is 93.7. The number of nitrogens with zero attached hydrogens (tertiary/aromatic N) is 2. The van der Waals surface area contributed by atoms with E-state index >= 15 is 0 Å². The molecule has 0 spiro atoms. The van der Waals surface area contributed by atoms with Crippen LogP contribution >= 0.6 is 34.1 Å². The summed E-state index contributed by atoms with van der Waals surface area (Å²) in [6.45, 7) is 22.3. The van der Waals surface area contributed by atoms with Crippen molar-refractivity contribution in [2.24, 2.45) is 0 Å². The molecule has 2 unspecified atom stereocenters. The van der Waals surface area contributed by atoms with Gasteiger partial charge in [-0.2, -0.15) is 0 Å². The molecule has 0 fully saturated rings. The van der Waals surface area contributed by atoms with Crippen LogP contribution in [0.4, 0.5) is 0 Å². The van der Waals surface area contributed by atoms with Crippen LogP contribution < -0.4 is 18.9 Å². The maximum atomic E-state index is 12.4. The molecule has 0 radical (unpaired) electrons. The Morgan fingerprint density at radius 3 is 0.836 bits per heavy atom. The summed E-state index contributed by atoms with van der Waals surface area (Å²) in [7, 11) is 19.7. The number of phenols is 4. The molecule has 0 aliphatic rings. The molecule has 18 aromatic carbocycles. The Hall–Kier alpha value is -12.1. The van der Waals surface area contributed by atoms with Crippen molar-refractivity contribution in [2.75, 3.05) is 13.2 Å². The zero-order chi connectivity index (χ0) is 93.6. The van der Waals surface area contributed by atoms with Crippen molar-refractivity contribution in [3.63, 3.8) is 0 Å². The molecule has 0 bridgehead atoms. The molecule has 2 atom stereocenters. The van der Waals surface area contributed by atoms with E-state index < -0.39 is 41.7 Å². The van der Waals surface area contributed by atoms with Gasteiger partial charge in [0, 0.05) is 101 Å². The van der Waals surface area contributed by atoms with E-state index in [4.69, 9.17) is 53.0 Å². The number of hydrogen-bond donors (Lipinski definition) is 4. The van der Waals surface area contributed by atoms with Crippen LogP contribution in [0.1, 0.15) is 90.5 Å². The number of rotatable bonds is 20. The van der Waals surface area contributed by atoms with Gasteiger partial charge in [0.25, 0.3) is 0 Å². The van der Waals surface area contributed by atoms with Crippen molar-refractivity contribution >= 4 is 121 Å². The molecule has 2 heterocycles. The Labute approximate surface area is 819 Å². The second-order valence-electron chi connectivity index (χ2n) is 36.1. The summed E-state index contributed by atoms with van der Waals surface area (Å²) in [5.74, 6) is 3.57. The molecule has 668 valence electrons.